The van der Waals surface area contributed by atoms with Gasteiger partial charge in [0.05, 0.1) is 5.52 Å². The van der Waals surface area contributed by atoms with E-state index < -0.39 is 0 Å². The Morgan fingerprint density at radius 3 is 3.00 bits per heavy atom. The summed E-state index contributed by atoms with van der Waals surface area (Å²) in [5.74, 6) is 0. The first-order valence-electron chi connectivity index (χ1n) is 7.30. The third-order valence-electron chi connectivity index (χ3n) is 4.21. The van der Waals surface area contributed by atoms with Crippen LogP contribution in [0.15, 0.2) is 30.5 Å². The minimum atomic E-state index is 0.520. The molecule has 3 rings (SSSR count). The van der Waals surface area contributed by atoms with Crippen molar-refractivity contribution in [1.29, 1.82) is 0 Å². The number of anilines is 1. The van der Waals surface area contributed by atoms with Gasteiger partial charge in [-0.05, 0) is 38.4 Å². The van der Waals surface area contributed by atoms with Gasteiger partial charge in [0.25, 0.3) is 0 Å². The topological polar surface area (TPSA) is 31.4 Å². The standard InChI is InChI=1S/C16H21ClN4/c1-20-7-8-21(2)13(11-20)10-19-16-5-6-18-15-4-3-12(17)9-14(15)16/h3-6,9,13H,7-8,10-11H2,1-2H3,(H,18,19). The van der Waals surface area contributed by atoms with Gasteiger partial charge in [0.1, 0.15) is 0 Å². The summed E-state index contributed by atoms with van der Waals surface area (Å²) in [4.78, 5) is 9.19. The van der Waals surface area contributed by atoms with Gasteiger partial charge < -0.3 is 10.2 Å². The van der Waals surface area contributed by atoms with Crippen LogP contribution in [0.25, 0.3) is 10.9 Å². The van der Waals surface area contributed by atoms with Gasteiger partial charge in [0, 0.05) is 54.5 Å². The zero-order valence-electron chi connectivity index (χ0n) is 12.5. The first kappa shape index (κ1) is 14.6. The van der Waals surface area contributed by atoms with Crippen LogP contribution in [0.2, 0.25) is 5.02 Å². The highest BCUT2D eigenvalue weighted by Gasteiger charge is 2.21. The summed E-state index contributed by atoms with van der Waals surface area (Å²) in [7, 11) is 4.38. The molecule has 1 aliphatic rings. The number of hydrogen-bond acceptors (Lipinski definition) is 4. The number of fused-ring (bicyclic) bond motifs is 1. The van der Waals surface area contributed by atoms with E-state index in [1.807, 2.05) is 30.5 Å². The number of nitrogens with one attached hydrogen (secondary N) is 1. The summed E-state index contributed by atoms with van der Waals surface area (Å²) in [5.41, 5.74) is 2.07. The van der Waals surface area contributed by atoms with E-state index in [4.69, 9.17) is 11.6 Å². The van der Waals surface area contributed by atoms with Crippen molar-refractivity contribution in [3.63, 3.8) is 0 Å². The smallest absolute Gasteiger partial charge is 0.0723 e. The van der Waals surface area contributed by atoms with E-state index in [1.54, 1.807) is 0 Å². The van der Waals surface area contributed by atoms with Crippen LogP contribution in [0.1, 0.15) is 0 Å². The number of benzene rings is 1. The quantitative estimate of drug-likeness (QED) is 0.944. The molecule has 1 saturated heterocycles. The number of piperazine rings is 1. The molecule has 1 aliphatic heterocycles. The molecule has 1 atom stereocenters. The molecule has 1 aromatic heterocycles. The van der Waals surface area contributed by atoms with Crippen LogP contribution in [0.5, 0.6) is 0 Å². The molecule has 0 saturated carbocycles. The van der Waals surface area contributed by atoms with Gasteiger partial charge in [-0.3, -0.25) is 9.88 Å². The van der Waals surface area contributed by atoms with E-state index in [1.165, 1.54) is 0 Å². The molecule has 0 amide bonds. The number of aromatic nitrogens is 1. The Bertz CT molecular complexity index is 631. The summed E-state index contributed by atoms with van der Waals surface area (Å²) in [6, 6.07) is 8.35. The number of hydrogen-bond donors (Lipinski definition) is 1. The van der Waals surface area contributed by atoms with Gasteiger partial charge >= 0.3 is 0 Å². The third kappa shape index (κ3) is 3.28. The Kier molecular flexibility index (Phi) is 4.29. The van der Waals surface area contributed by atoms with Crippen molar-refractivity contribution < 1.29 is 0 Å². The lowest BCUT2D eigenvalue weighted by molar-refractivity contribution is 0.122. The molecule has 5 heteroatoms. The average Bonchev–Trinajstić information content (AvgIpc) is 2.48. The van der Waals surface area contributed by atoms with E-state index in [2.05, 4.69) is 34.2 Å². The van der Waals surface area contributed by atoms with Crippen LogP contribution in [-0.2, 0) is 0 Å². The molecular formula is C16H21ClN4. The molecule has 112 valence electrons. The Balaban J connectivity index is 1.77. The molecule has 1 N–H and O–H groups in total. The Hall–Kier alpha value is -1.36. The molecule has 1 unspecified atom stereocenters. The molecule has 0 aliphatic carbocycles. The second-order valence-electron chi connectivity index (χ2n) is 5.80. The molecule has 0 radical (unpaired) electrons. The van der Waals surface area contributed by atoms with Crippen molar-refractivity contribution in [2.75, 3.05) is 45.6 Å². The van der Waals surface area contributed by atoms with Gasteiger partial charge in [-0.25, -0.2) is 0 Å². The van der Waals surface area contributed by atoms with Gasteiger partial charge in [0.2, 0.25) is 0 Å². The second-order valence-corrected chi connectivity index (χ2v) is 6.23. The van der Waals surface area contributed by atoms with Gasteiger partial charge in [-0.1, -0.05) is 11.6 Å². The zero-order chi connectivity index (χ0) is 14.8. The highest BCUT2D eigenvalue weighted by Crippen LogP contribution is 2.25. The SMILES string of the molecule is CN1CCN(C)C(CNc2ccnc3ccc(Cl)cc23)C1. The maximum absolute atomic E-state index is 6.11. The van der Waals surface area contributed by atoms with E-state index in [0.717, 1.165) is 47.8 Å². The molecule has 1 aromatic carbocycles. The lowest BCUT2D eigenvalue weighted by atomic mass is 10.1. The number of nitrogens with zero attached hydrogens (tertiary/aromatic N) is 3. The fraction of sp³-hybridized carbons (Fsp3) is 0.438. The van der Waals surface area contributed by atoms with Crippen molar-refractivity contribution in [3.8, 4) is 0 Å². The molecule has 0 spiro atoms. The summed E-state index contributed by atoms with van der Waals surface area (Å²) in [6.07, 6.45) is 1.84. The maximum Gasteiger partial charge on any atom is 0.0723 e. The first-order valence-corrected chi connectivity index (χ1v) is 7.68. The fourth-order valence-electron chi connectivity index (χ4n) is 2.82. The van der Waals surface area contributed by atoms with E-state index in [9.17, 15) is 0 Å². The van der Waals surface area contributed by atoms with Crippen LogP contribution < -0.4 is 5.32 Å². The predicted molar refractivity (Wildman–Crippen MR) is 89.2 cm³/mol. The average molecular weight is 305 g/mol. The van der Waals surface area contributed by atoms with Crippen LogP contribution in [-0.4, -0.2) is 61.1 Å². The summed E-state index contributed by atoms with van der Waals surface area (Å²) < 4.78 is 0. The van der Waals surface area contributed by atoms with Gasteiger partial charge in [-0.2, -0.15) is 0 Å². The normalized spacial score (nSPS) is 20.8. The molecule has 21 heavy (non-hydrogen) atoms. The fourth-order valence-corrected chi connectivity index (χ4v) is 2.99. The minimum absolute atomic E-state index is 0.520. The lowest BCUT2D eigenvalue weighted by Gasteiger charge is -2.38. The van der Waals surface area contributed by atoms with Crippen LogP contribution in [0, 0.1) is 0 Å². The lowest BCUT2D eigenvalue weighted by Crippen LogP contribution is -2.52. The van der Waals surface area contributed by atoms with Crippen molar-refractivity contribution in [3.05, 3.63) is 35.5 Å². The van der Waals surface area contributed by atoms with E-state index in [0.29, 0.717) is 6.04 Å². The summed E-state index contributed by atoms with van der Waals surface area (Å²) in [5, 5.41) is 5.39. The molecule has 2 heterocycles. The number of rotatable bonds is 3. The summed E-state index contributed by atoms with van der Waals surface area (Å²) in [6.45, 7) is 4.27. The molecule has 0 bridgehead atoms. The molecule has 4 nitrogen and oxygen atoms in total. The largest absolute Gasteiger partial charge is 0.383 e. The Morgan fingerprint density at radius 2 is 2.14 bits per heavy atom. The number of pyridine rings is 1. The minimum Gasteiger partial charge on any atom is -0.383 e. The third-order valence-corrected chi connectivity index (χ3v) is 4.45. The first-order chi connectivity index (χ1) is 10.1. The van der Waals surface area contributed by atoms with Crippen molar-refractivity contribution in [2.24, 2.45) is 0 Å². The van der Waals surface area contributed by atoms with Crippen LogP contribution in [0.3, 0.4) is 0 Å². The van der Waals surface area contributed by atoms with E-state index in [-0.39, 0.29) is 0 Å². The maximum atomic E-state index is 6.11. The number of halogens is 1. The second kappa shape index (κ2) is 6.18. The predicted octanol–water partition coefficient (Wildman–Crippen LogP) is 2.55. The number of likely N-dealkylation sites (N-methyl/N-ethyl adjacent to an activating group) is 2. The van der Waals surface area contributed by atoms with E-state index >= 15 is 0 Å². The molecule has 2 aromatic rings. The van der Waals surface area contributed by atoms with Gasteiger partial charge in [0.15, 0.2) is 0 Å². The monoisotopic (exact) mass is 304 g/mol. The molecular weight excluding hydrogens is 284 g/mol. The summed E-state index contributed by atoms with van der Waals surface area (Å²) >= 11 is 6.11. The van der Waals surface area contributed by atoms with Gasteiger partial charge in [-0.15, -0.1) is 0 Å². The van der Waals surface area contributed by atoms with Crippen molar-refractivity contribution >= 4 is 28.2 Å². The Morgan fingerprint density at radius 1 is 1.29 bits per heavy atom. The highest BCUT2D eigenvalue weighted by atomic mass is 35.5. The van der Waals surface area contributed by atoms with Crippen molar-refractivity contribution in [1.82, 2.24) is 14.8 Å². The van der Waals surface area contributed by atoms with Crippen LogP contribution >= 0.6 is 11.6 Å². The van der Waals surface area contributed by atoms with Crippen LogP contribution in [0.4, 0.5) is 5.69 Å². The highest BCUT2D eigenvalue weighted by molar-refractivity contribution is 6.31. The Labute approximate surface area is 130 Å². The van der Waals surface area contributed by atoms with Crippen molar-refractivity contribution in [2.45, 2.75) is 6.04 Å². The zero-order valence-corrected chi connectivity index (χ0v) is 13.3. The molecule has 1 fully saturated rings.